The van der Waals surface area contributed by atoms with Crippen LogP contribution < -0.4 is 53.6 Å². The number of aliphatic hydroxyl groups is 3. The molecule has 11 atom stereocenters. The number of carbonyl (C=O) groups excluding carboxylic acids is 9. The van der Waals surface area contributed by atoms with Gasteiger partial charge in [-0.15, -0.1) is 0 Å². The maximum Gasteiger partial charge on any atom is 0.326 e. The van der Waals surface area contributed by atoms with Crippen molar-refractivity contribution in [2.45, 2.75) is 146 Å². The zero-order valence-corrected chi connectivity index (χ0v) is 43.5. The zero-order chi connectivity index (χ0) is 59.6. The first-order chi connectivity index (χ1) is 36.5. The molecule has 19 N–H and O–H groups in total. The molecule has 0 unspecified atom stereocenters. The fourth-order valence-electron chi connectivity index (χ4n) is 6.98. The largest absolute Gasteiger partial charge is 0.508 e. The first-order valence-electron chi connectivity index (χ1n) is 24.5. The van der Waals surface area contributed by atoms with Crippen LogP contribution in [0.2, 0.25) is 0 Å². The van der Waals surface area contributed by atoms with Crippen molar-refractivity contribution in [2.24, 2.45) is 17.6 Å². The van der Waals surface area contributed by atoms with Crippen LogP contribution >= 0.6 is 0 Å². The summed E-state index contributed by atoms with van der Waals surface area (Å²) in [5, 5.41) is 96.4. The smallest absolute Gasteiger partial charge is 0.326 e. The summed E-state index contributed by atoms with van der Waals surface area (Å²) in [4.78, 5) is 166. The molecule has 1 rings (SSSR count). The number of phenolic OH excluding ortho intramolecular Hbond substituents is 1. The van der Waals surface area contributed by atoms with Gasteiger partial charge in [0, 0.05) is 19.3 Å². The lowest BCUT2D eigenvalue weighted by Crippen LogP contribution is -2.62. The van der Waals surface area contributed by atoms with Crippen LogP contribution in [-0.4, -0.2) is 198 Å². The van der Waals surface area contributed by atoms with E-state index in [4.69, 9.17) is 15.9 Å². The van der Waals surface area contributed by atoms with Crippen molar-refractivity contribution in [3.05, 3.63) is 29.8 Å². The van der Waals surface area contributed by atoms with Gasteiger partial charge in [0.05, 0.1) is 32.3 Å². The monoisotopic (exact) mass is 1110 g/mol. The molecular weight excluding hydrogens is 1040 g/mol. The molecule has 1 aromatic rings. The van der Waals surface area contributed by atoms with Gasteiger partial charge in [-0.2, -0.15) is 0 Å². The molecule has 0 heterocycles. The Balaban J connectivity index is 3.17. The van der Waals surface area contributed by atoms with E-state index < -0.39 is 195 Å². The van der Waals surface area contributed by atoms with Crippen LogP contribution in [0.5, 0.6) is 5.75 Å². The SMILES string of the molecule is CC[C@H](C)[C@H](NC(=O)[C@H](Cc1ccc(O)cc1)NC(=O)[C@@H](N)CC(C)C)C(=O)N[C@@H](C)C(=O)N[C@@H](CO)C(=O)N[C@@H](CO)C(=O)N[C@@H](CO)C(=O)N[C@@H](CC(=O)O)C(=O)N[C@@H](CCC(=O)O)C(=O)N[C@@H](CCC(=O)O)C(=O)O. The average Bonchev–Trinajstić information content (AvgIpc) is 3.36. The van der Waals surface area contributed by atoms with Crippen molar-refractivity contribution >= 4 is 77.0 Å². The summed E-state index contributed by atoms with van der Waals surface area (Å²) >= 11 is 0. The summed E-state index contributed by atoms with van der Waals surface area (Å²) in [6, 6.07) is -11.1. The van der Waals surface area contributed by atoms with Crippen LogP contribution in [0.4, 0.5) is 0 Å². The van der Waals surface area contributed by atoms with E-state index in [0.29, 0.717) is 18.4 Å². The molecule has 0 saturated carbocycles. The van der Waals surface area contributed by atoms with Crippen LogP contribution in [-0.2, 0) is 68.7 Å². The van der Waals surface area contributed by atoms with Crippen molar-refractivity contribution in [1.82, 2.24) is 47.9 Å². The van der Waals surface area contributed by atoms with E-state index in [1.165, 1.54) is 31.2 Å². The van der Waals surface area contributed by atoms with Gasteiger partial charge in [0.1, 0.15) is 60.1 Å². The Labute approximate surface area is 446 Å². The van der Waals surface area contributed by atoms with Gasteiger partial charge in [-0.1, -0.05) is 46.2 Å². The van der Waals surface area contributed by atoms with Crippen LogP contribution in [0.15, 0.2) is 24.3 Å². The van der Waals surface area contributed by atoms with Gasteiger partial charge in [0.2, 0.25) is 53.2 Å². The van der Waals surface area contributed by atoms with Gasteiger partial charge < -0.3 is 94.4 Å². The maximum atomic E-state index is 13.8. The molecule has 31 nitrogen and oxygen atoms in total. The number of aromatic hydroxyl groups is 1. The van der Waals surface area contributed by atoms with E-state index >= 15 is 0 Å². The number of carboxylic acids is 4. The second-order valence-electron chi connectivity index (χ2n) is 18.5. The molecule has 0 radical (unpaired) electrons. The van der Waals surface area contributed by atoms with E-state index in [9.17, 15) is 93.0 Å². The second kappa shape index (κ2) is 33.9. The maximum absolute atomic E-state index is 13.8. The van der Waals surface area contributed by atoms with Gasteiger partial charge in [-0.05, 0) is 55.7 Å². The normalized spacial score (nSPS) is 15.3. The van der Waals surface area contributed by atoms with Crippen LogP contribution in [0.3, 0.4) is 0 Å². The Hall–Kier alpha value is -8.03. The topological polar surface area (TPSA) is 518 Å². The number of nitrogens with one attached hydrogen (secondary N) is 9. The number of carbonyl (C=O) groups is 13. The Kier molecular flexibility index (Phi) is 29.5. The number of rotatable bonds is 36. The van der Waals surface area contributed by atoms with Gasteiger partial charge in [-0.3, -0.25) is 57.5 Å². The minimum atomic E-state index is -2.15. The van der Waals surface area contributed by atoms with Gasteiger partial charge in [-0.25, -0.2) is 4.79 Å². The molecule has 436 valence electrons. The Morgan fingerprint density at radius 3 is 1.31 bits per heavy atom. The minimum Gasteiger partial charge on any atom is -0.508 e. The van der Waals surface area contributed by atoms with Crippen LogP contribution in [0.25, 0.3) is 0 Å². The number of aliphatic carboxylic acids is 4. The van der Waals surface area contributed by atoms with E-state index in [0.717, 1.165) is 0 Å². The number of aliphatic hydroxyl groups excluding tert-OH is 3. The second-order valence-corrected chi connectivity index (χ2v) is 18.5. The molecular formula is C47H72N10O21. The fraction of sp³-hybridized carbons (Fsp3) is 0.596. The number of carboxylic acid groups (broad SMARTS) is 4. The predicted molar refractivity (Wildman–Crippen MR) is 267 cm³/mol. The highest BCUT2D eigenvalue weighted by atomic mass is 16.4. The minimum absolute atomic E-state index is 0.0379. The van der Waals surface area contributed by atoms with Gasteiger partial charge in [0.25, 0.3) is 0 Å². The van der Waals surface area contributed by atoms with Crippen molar-refractivity contribution < 1.29 is 103 Å². The summed E-state index contributed by atoms with van der Waals surface area (Å²) in [5.41, 5.74) is 6.60. The molecule has 1 aromatic carbocycles. The van der Waals surface area contributed by atoms with Crippen molar-refractivity contribution in [3.63, 3.8) is 0 Å². The lowest BCUT2D eigenvalue weighted by molar-refractivity contribution is -0.145. The molecule has 0 bridgehead atoms. The number of benzene rings is 1. The van der Waals surface area contributed by atoms with Crippen molar-refractivity contribution in [2.75, 3.05) is 19.8 Å². The molecule has 78 heavy (non-hydrogen) atoms. The molecule has 0 aliphatic carbocycles. The summed E-state index contributed by atoms with van der Waals surface area (Å²) in [6.07, 6.45) is -3.62. The molecule has 0 aliphatic heterocycles. The summed E-state index contributed by atoms with van der Waals surface area (Å²) in [7, 11) is 0. The third kappa shape index (κ3) is 24.3. The van der Waals surface area contributed by atoms with E-state index in [-0.39, 0.29) is 18.1 Å². The summed E-state index contributed by atoms with van der Waals surface area (Å²) < 4.78 is 0. The predicted octanol–water partition coefficient (Wildman–Crippen LogP) is -6.00. The first-order valence-corrected chi connectivity index (χ1v) is 24.5. The summed E-state index contributed by atoms with van der Waals surface area (Å²) in [6.45, 7) is 4.57. The van der Waals surface area contributed by atoms with Crippen LogP contribution in [0, 0.1) is 11.8 Å². The number of hydrogen-bond acceptors (Lipinski definition) is 18. The average molecular weight is 1110 g/mol. The summed E-state index contributed by atoms with van der Waals surface area (Å²) in [5.74, 6) is -17.4. The first kappa shape index (κ1) is 68.0. The number of hydrogen-bond donors (Lipinski definition) is 18. The van der Waals surface area contributed by atoms with E-state index in [1.807, 2.05) is 40.4 Å². The molecule has 9 amide bonds. The number of amides is 9. The Morgan fingerprint density at radius 1 is 0.474 bits per heavy atom. The third-order valence-corrected chi connectivity index (χ3v) is 11.6. The van der Waals surface area contributed by atoms with E-state index in [1.54, 1.807) is 13.8 Å². The van der Waals surface area contributed by atoms with E-state index in [2.05, 4.69) is 21.3 Å². The van der Waals surface area contributed by atoms with Gasteiger partial charge >= 0.3 is 23.9 Å². The Morgan fingerprint density at radius 2 is 0.872 bits per heavy atom. The lowest BCUT2D eigenvalue weighted by atomic mass is 9.96. The highest BCUT2D eigenvalue weighted by Gasteiger charge is 2.36. The van der Waals surface area contributed by atoms with Gasteiger partial charge in [0.15, 0.2) is 0 Å². The molecule has 0 fully saturated rings. The molecule has 31 heteroatoms. The number of phenols is 1. The molecule has 0 saturated heterocycles. The standard InChI is InChI=1S/C47H72N10O21/c1-6-22(4)37(57-42(72)29(16-24-7-9-25(61)10-8-24)52-39(69)26(48)15-21(2)3)46(76)49-23(5)38(68)54-31(18-58)44(74)56-33(20-60)45(75)55-32(19-59)43(73)53-30(17-36(66)67)41(71)50-27(11-13-34(62)63)40(70)51-28(47(77)78)12-14-35(64)65/h7-10,21-23,26-33,37,58-61H,6,11-20,48H2,1-5H3,(H,49,76)(H,50,71)(H,51,70)(H,52,69)(H,53,73)(H,54,68)(H,55,75)(H,56,74)(H,57,72)(H,62,63)(H,64,65)(H,66,67)(H,77,78)/t22-,23-,26-,27-,28-,29-,30-,31-,32-,33-,37-/m0/s1. The highest BCUT2D eigenvalue weighted by Crippen LogP contribution is 2.14. The Bertz CT molecular complexity index is 2290. The highest BCUT2D eigenvalue weighted by molar-refractivity contribution is 5.99. The lowest BCUT2D eigenvalue weighted by Gasteiger charge is -2.28. The molecule has 0 aromatic heterocycles. The molecule has 0 spiro atoms. The van der Waals surface area contributed by atoms with Crippen molar-refractivity contribution in [3.8, 4) is 5.75 Å². The fourth-order valence-corrected chi connectivity index (χ4v) is 6.98. The third-order valence-electron chi connectivity index (χ3n) is 11.6. The number of nitrogens with two attached hydrogens (primary N) is 1. The quantitative estimate of drug-likeness (QED) is 0.0297. The van der Waals surface area contributed by atoms with Crippen molar-refractivity contribution in [1.29, 1.82) is 0 Å². The molecule has 0 aliphatic rings. The zero-order valence-electron chi connectivity index (χ0n) is 43.5. The van der Waals surface area contributed by atoms with Crippen LogP contribution in [0.1, 0.15) is 85.1 Å².